The van der Waals surface area contributed by atoms with Gasteiger partial charge in [-0.15, -0.1) is 5.06 Å². The topological polar surface area (TPSA) is 174 Å². The third kappa shape index (κ3) is 5.64. The molecule has 0 aromatic rings. The van der Waals surface area contributed by atoms with Crippen LogP contribution in [0.15, 0.2) is 23.8 Å². The molecule has 0 aromatic heterocycles. The van der Waals surface area contributed by atoms with Crippen LogP contribution in [-0.4, -0.2) is 81.4 Å². The van der Waals surface area contributed by atoms with Crippen molar-refractivity contribution in [3.8, 4) is 0 Å². The van der Waals surface area contributed by atoms with Crippen LogP contribution in [-0.2, 0) is 38.3 Å². The van der Waals surface area contributed by atoms with E-state index in [1.165, 1.54) is 12.2 Å². The third-order valence-corrected chi connectivity index (χ3v) is 13.0. The summed E-state index contributed by atoms with van der Waals surface area (Å²) in [5.41, 5.74) is -5.80. The molecule has 0 unspecified atom stereocenters. The van der Waals surface area contributed by atoms with Gasteiger partial charge in [-0.3, -0.25) is 19.2 Å². The standard InChI is InChI=1S/C36H46FNO11/c1-20-14-26-25-9-8-23-16-24(39)12-13-33(23,2)35(25,37)27(40)17-34(26,3)36(20,46)28(41)19-48-32(45)47-18-22-6-4-21(5-7-22)15-31(44)49-38-29(42)10-11-30(38)43/h12-13,16,20-22,25-27,40,46H,4-11,14-15,17-19H2,1-3H3/t20-,21?,22?,25+,26+,27+,33+,34+,35+,36+/m1/s1. The maximum atomic E-state index is 17.4. The number of ketones is 2. The molecule has 2 amide bonds. The van der Waals surface area contributed by atoms with E-state index in [1.54, 1.807) is 26.8 Å². The van der Waals surface area contributed by atoms with Crippen molar-refractivity contribution in [1.29, 1.82) is 0 Å². The highest BCUT2D eigenvalue weighted by Gasteiger charge is 2.75. The summed E-state index contributed by atoms with van der Waals surface area (Å²) in [5.74, 6) is -4.33. The Morgan fingerprint density at radius 2 is 1.61 bits per heavy atom. The van der Waals surface area contributed by atoms with Gasteiger partial charge in [0.2, 0.25) is 5.78 Å². The molecular formula is C36H46FNO11. The van der Waals surface area contributed by atoms with Crippen LogP contribution in [0.2, 0.25) is 0 Å². The summed E-state index contributed by atoms with van der Waals surface area (Å²) in [7, 11) is 0. The first kappa shape index (κ1) is 35.4. The number of nitrogens with zero attached hydrogens (tertiary/aromatic N) is 1. The highest BCUT2D eigenvalue weighted by molar-refractivity contribution is 6.02. The lowest BCUT2D eigenvalue weighted by atomic mass is 9.44. The van der Waals surface area contributed by atoms with Gasteiger partial charge < -0.3 is 24.5 Å². The summed E-state index contributed by atoms with van der Waals surface area (Å²) in [4.78, 5) is 78.8. The van der Waals surface area contributed by atoms with E-state index < -0.39 is 82.3 Å². The summed E-state index contributed by atoms with van der Waals surface area (Å²) in [6, 6.07) is 0. The number of rotatable bonds is 8. The van der Waals surface area contributed by atoms with Gasteiger partial charge in [0.05, 0.1) is 19.1 Å². The molecule has 6 rings (SSSR count). The van der Waals surface area contributed by atoms with E-state index in [0.717, 1.165) is 0 Å². The van der Waals surface area contributed by atoms with Crippen molar-refractivity contribution in [2.75, 3.05) is 13.2 Å². The second-order valence-corrected chi connectivity index (χ2v) is 15.6. The Morgan fingerprint density at radius 3 is 2.29 bits per heavy atom. The van der Waals surface area contributed by atoms with Crippen LogP contribution in [0, 0.1) is 40.4 Å². The molecule has 8 atom stereocenters. The number of hydroxylamine groups is 2. The first-order valence-electron chi connectivity index (χ1n) is 17.5. The predicted molar refractivity (Wildman–Crippen MR) is 167 cm³/mol. The number of carbonyl (C=O) groups excluding carboxylic acids is 6. The summed E-state index contributed by atoms with van der Waals surface area (Å²) in [5, 5.41) is 24.1. The zero-order valence-electron chi connectivity index (χ0n) is 28.3. The zero-order valence-corrected chi connectivity index (χ0v) is 28.3. The van der Waals surface area contributed by atoms with Gasteiger partial charge in [0.1, 0.15) is 5.60 Å². The van der Waals surface area contributed by atoms with Crippen molar-refractivity contribution in [2.45, 2.75) is 109 Å². The number of amides is 2. The van der Waals surface area contributed by atoms with Gasteiger partial charge in [-0.25, -0.2) is 14.0 Å². The lowest BCUT2D eigenvalue weighted by molar-refractivity contribution is -0.219. The van der Waals surface area contributed by atoms with Crippen molar-refractivity contribution in [1.82, 2.24) is 5.06 Å². The monoisotopic (exact) mass is 687 g/mol. The molecule has 12 nitrogen and oxygen atoms in total. The van der Waals surface area contributed by atoms with E-state index in [-0.39, 0.29) is 49.9 Å². The molecular weight excluding hydrogens is 641 g/mol. The fourth-order valence-corrected chi connectivity index (χ4v) is 10.2. The predicted octanol–water partition coefficient (Wildman–Crippen LogP) is 3.86. The molecule has 0 aromatic carbocycles. The number of hydrogen-bond donors (Lipinski definition) is 2. The molecule has 4 saturated carbocycles. The van der Waals surface area contributed by atoms with E-state index in [1.807, 2.05) is 0 Å². The Hall–Kier alpha value is -3.45. The quantitative estimate of drug-likeness (QED) is 0.280. The lowest BCUT2D eigenvalue weighted by Gasteiger charge is -2.62. The van der Waals surface area contributed by atoms with Crippen molar-refractivity contribution in [3.05, 3.63) is 23.8 Å². The molecule has 1 heterocycles. The summed E-state index contributed by atoms with van der Waals surface area (Å²) in [6.45, 7) is 4.46. The van der Waals surface area contributed by atoms with Crippen molar-refractivity contribution in [3.63, 3.8) is 0 Å². The number of Topliss-reactive ketones (excluding diaryl/α,β-unsaturated/α-hetero) is 1. The number of halogens is 1. The maximum absolute atomic E-state index is 17.4. The molecule has 5 fully saturated rings. The van der Waals surface area contributed by atoms with E-state index in [0.29, 0.717) is 55.6 Å². The van der Waals surface area contributed by atoms with E-state index in [4.69, 9.17) is 14.3 Å². The number of aliphatic hydroxyl groups is 2. The summed E-state index contributed by atoms with van der Waals surface area (Å²) < 4.78 is 27.8. The first-order chi connectivity index (χ1) is 23.0. The van der Waals surface area contributed by atoms with Crippen LogP contribution in [0.1, 0.15) is 91.4 Å². The van der Waals surface area contributed by atoms with Crippen molar-refractivity contribution < 1.29 is 57.7 Å². The second kappa shape index (κ2) is 12.7. The van der Waals surface area contributed by atoms with Crippen LogP contribution in [0.3, 0.4) is 0 Å². The normalized spacial score (nSPS) is 41.4. The minimum atomic E-state index is -2.09. The Labute approximate surface area is 284 Å². The molecule has 49 heavy (non-hydrogen) atoms. The molecule has 13 heteroatoms. The van der Waals surface area contributed by atoms with Gasteiger partial charge in [-0.05, 0) is 94.1 Å². The van der Waals surface area contributed by atoms with Gasteiger partial charge in [0.25, 0.3) is 11.8 Å². The Balaban J connectivity index is 1.00. The number of carbonyl (C=O) groups is 6. The van der Waals surface area contributed by atoms with Crippen LogP contribution in [0.5, 0.6) is 0 Å². The highest BCUT2D eigenvalue weighted by Crippen LogP contribution is 2.70. The fraction of sp³-hybridized carbons (Fsp3) is 0.722. The van der Waals surface area contributed by atoms with Gasteiger partial charge in [-0.2, -0.15) is 0 Å². The third-order valence-electron chi connectivity index (χ3n) is 13.0. The second-order valence-electron chi connectivity index (χ2n) is 15.6. The molecule has 5 aliphatic carbocycles. The molecule has 1 saturated heterocycles. The average Bonchev–Trinajstić information content (AvgIpc) is 3.47. The van der Waals surface area contributed by atoms with Gasteiger partial charge >= 0.3 is 12.1 Å². The molecule has 1 aliphatic heterocycles. The van der Waals surface area contributed by atoms with Crippen LogP contribution in [0.4, 0.5) is 9.18 Å². The van der Waals surface area contributed by atoms with Crippen LogP contribution < -0.4 is 0 Å². The molecule has 0 spiro atoms. The van der Waals surface area contributed by atoms with Crippen molar-refractivity contribution >= 4 is 35.5 Å². The van der Waals surface area contributed by atoms with Gasteiger partial charge in [0.15, 0.2) is 18.1 Å². The summed E-state index contributed by atoms with van der Waals surface area (Å²) in [6.07, 6.45) is 5.54. The number of alkyl halides is 1. The Morgan fingerprint density at radius 1 is 0.959 bits per heavy atom. The maximum Gasteiger partial charge on any atom is 0.508 e. The number of allylic oxidation sites excluding steroid dienone is 4. The average molecular weight is 688 g/mol. The van der Waals surface area contributed by atoms with Gasteiger partial charge in [-0.1, -0.05) is 25.5 Å². The highest BCUT2D eigenvalue weighted by atomic mass is 19.1. The van der Waals surface area contributed by atoms with Crippen LogP contribution >= 0.6 is 0 Å². The number of aliphatic hydroxyl groups excluding tert-OH is 1. The number of fused-ring (bicyclic) bond motifs is 5. The number of hydrogen-bond acceptors (Lipinski definition) is 11. The SMILES string of the molecule is C[C@@H]1C[C@H]2[C@@H]3CCC4=CC(=O)C=C[C@]4(C)[C@@]3(F)[C@@H](O)C[C@]2(C)[C@@]1(O)C(=O)COC(=O)OCC1CCC(CC(=O)ON2C(=O)CCC2=O)CC1. The molecule has 0 radical (unpaired) electrons. The molecule has 6 aliphatic rings. The Bertz CT molecular complexity index is 1480. The minimum absolute atomic E-state index is 0.000330. The lowest BCUT2D eigenvalue weighted by Crippen LogP contribution is -2.69. The zero-order chi connectivity index (χ0) is 35.5. The van der Waals surface area contributed by atoms with Crippen molar-refractivity contribution in [2.24, 2.45) is 40.4 Å². The van der Waals surface area contributed by atoms with Crippen LogP contribution in [0.25, 0.3) is 0 Å². The minimum Gasteiger partial charge on any atom is -0.434 e. The Kier molecular flexibility index (Phi) is 9.17. The molecule has 2 N–H and O–H groups in total. The van der Waals surface area contributed by atoms with E-state index in [9.17, 15) is 39.0 Å². The first-order valence-corrected chi connectivity index (χ1v) is 17.5. The van der Waals surface area contributed by atoms with Gasteiger partial charge in [0, 0.05) is 29.6 Å². The van der Waals surface area contributed by atoms with E-state index >= 15 is 4.39 Å². The molecule has 0 bridgehead atoms. The number of ether oxygens (including phenoxy) is 2. The number of imide groups is 1. The molecule has 268 valence electrons. The van der Waals surface area contributed by atoms with E-state index in [2.05, 4.69) is 0 Å². The largest absolute Gasteiger partial charge is 0.508 e. The smallest absolute Gasteiger partial charge is 0.434 e. The fourth-order valence-electron chi connectivity index (χ4n) is 10.2. The summed E-state index contributed by atoms with van der Waals surface area (Å²) >= 11 is 0.